The maximum absolute atomic E-state index is 11.9. The Morgan fingerprint density at radius 1 is 1.19 bits per heavy atom. The number of carbonyl (C=O) groups excluding carboxylic acids is 1. The lowest BCUT2D eigenvalue weighted by Crippen LogP contribution is -2.12. The first kappa shape index (κ1) is 15.0. The van der Waals surface area contributed by atoms with Crippen molar-refractivity contribution in [2.45, 2.75) is 12.8 Å². The van der Waals surface area contributed by atoms with E-state index in [4.69, 9.17) is 11.6 Å². The van der Waals surface area contributed by atoms with Crippen LogP contribution in [0, 0.1) is 10.1 Å². The summed E-state index contributed by atoms with van der Waals surface area (Å²) in [5, 5.41) is 13.4. The summed E-state index contributed by atoms with van der Waals surface area (Å²) in [6.45, 7) is 0. The molecule has 0 atom stereocenters. The Hall–Kier alpha value is -2.40. The second-order valence-electron chi connectivity index (χ2n) is 4.46. The van der Waals surface area contributed by atoms with Gasteiger partial charge in [0.05, 0.1) is 15.6 Å². The lowest BCUT2D eigenvalue weighted by atomic mass is 10.1. The molecular weight excluding hydrogens is 292 g/mol. The van der Waals surface area contributed by atoms with E-state index in [9.17, 15) is 14.9 Å². The highest BCUT2D eigenvalue weighted by Crippen LogP contribution is 2.26. The largest absolute Gasteiger partial charge is 0.325 e. The van der Waals surface area contributed by atoms with Crippen molar-refractivity contribution in [1.29, 1.82) is 0 Å². The Labute approximate surface area is 126 Å². The zero-order chi connectivity index (χ0) is 15.2. The van der Waals surface area contributed by atoms with E-state index in [-0.39, 0.29) is 16.6 Å². The molecule has 0 bridgehead atoms. The van der Waals surface area contributed by atoms with Crippen LogP contribution in [-0.4, -0.2) is 10.8 Å². The van der Waals surface area contributed by atoms with Crippen LogP contribution in [0.3, 0.4) is 0 Å². The summed E-state index contributed by atoms with van der Waals surface area (Å²) < 4.78 is 0. The molecule has 0 aliphatic carbocycles. The molecule has 1 N–H and O–H groups in total. The van der Waals surface area contributed by atoms with Gasteiger partial charge in [-0.3, -0.25) is 14.9 Å². The molecule has 0 unspecified atom stereocenters. The van der Waals surface area contributed by atoms with Gasteiger partial charge in [0.25, 0.3) is 5.69 Å². The van der Waals surface area contributed by atoms with E-state index in [0.29, 0.717) is 18.5 Å². The zero-order valence-electron chi connectivity index (χ0n) is 11.1. The molecule has 0 heterocycles. The second-order valence-corrected chi connectivity index (χ2v) is 4.86. The third kappa shape index (κ3) is 4.29. The van der Waals surface area contributed by atoms with Crippen LogP contribution in [0.2, 0.25) is 5.02 Å². The highest BCUT2D eigenvalue weighted by atomic mass is 35.5. The lowest BCUT2D eigenvalue weighted by Gasteiger charge is -2.07. The van der Waals surface area contributed by atoms with Crippen molar-refractivity contribution >= 4 is 28.9 Å². The van der Waals surface area contributed by atoms with Gasteiger partial charge in [0.15, 0.2) is 0 Å². The maximum atomic E-state index is 11.9. The Kier molecular flexibility index (Phi) is 4.90. The number of halogens is 1. The number of nitrogens with zero attached hydrogens (tertiary/aromatic N) is 1. The van der Waals surface area contributed by atoms with E-state index in [1.165, 1.54) is 18.2 Å². The number of nitrogens with one attached hydrogen (secondary N) is 1. The van der Waals surface area contributed by atoms with Gasteiger partial charge in [0, 0.05) is 18.6 Å². The van der Waals surface area contributed by atoms with Crippen LogP contribution in [0.5, 0.6) is 0 Å². The number of carbonyl (C=O) groups is 1. The van der Waals surface area contributed by atoms with Crippen molar-refractivity contribution < 1.29 is 9.72 Å². The first-order chi connectivity index (χ1) is 10.1. The molecule has 0 aliphatic rings. The number of nitro groups is 1. The van der Waals surface area contributed by atoms with Crippen LogP contribution in [0.4, 0.5) is 11.4 Å². The molecule has 0 saturated heterocycles. The molecule has 2 aromatic rings. The third-order valence-corrected chi connectivity index (χ3v) is 3.23. The molecule has 0 aliphatic heterocycles. The predicted molar refractivity (Wildman–Crippen MR) is 81.5 cm³/mol. The molecule has 0 fully saturated rings. The van der Waals surface area contributed by atoms with E-state index < -0.39 is 4.92 Å². The molecule has 2 aromatic carbocycles. The minimum Gasteiger partial charge on any atom is -0.325 e. The Bertz CT molecular complexity index is 659. The minimum absolute atomic E-state index is 0.109. The number of hydrogen-bond donors (Lipinski definition) is 1. The Morgan fingerprint density at radius 2 is 1.90 bits per heavy atom. The monoisotopic (exact) mass is 304 g/mol. The van der Waals surface area contributed by atoms with Crippen LogP contribution in [0.15, 0.2) is 48.5 Å². The zero-order valence-corrected chi connectivity index (χ0v) is 11.8. The van der Waals surface area contributed by atoms with Crippen LogP contribution in [0.25, 0.3) is 0 Å². The number of hydrogen-bond acceptors (Lipinski definition) is 3. The van der Waals surface area contributed by atoms with Gasteiger partial charge >= 0.3 is 0 Å². The van der Waals surface area contributed by atoms with Gasteiger partial charge in [-0.15, -0.1) is 0 Å². The molecule has 0 saturated carbocycles. The second kappa shape index (κ2) is 6.85. The predicted octanol–water partition coefficient (Wildman–Crippen LogP) is 3.82. The first-order valence-corrected chi connectivity index (χ1v) is 6.72. The normalized spacial score (nSPS) is 10.1. The van der Waals surface area contributed by atoms with Crippen molar-refractivity contribution in [3.8, 4) is 0 Å². The summed E-state index contributed by atoms with van der Waals surface area (Å²) in [5.41, 5.74) is 1.34. The number of nitro benzene ring substituents is 1. The smallest absolute Gasteiger partial charge is 0.271 e. The summed E-state index contributed by atoms with van der Waals surface area (Å²) in [7, 11) is 0. The number of amides is 1. The summed E-state index contributed by atoms with van der Waals surface area (Å²) in [4.78, 5) is 21.9. The number of aryl methyl sites for hydroxylation is 1. The molecule has 0 spiro atoms. The standard InChI is InChI=1S/C15H13ClN2O3/c16-13-10-12(18(20)21)7-8-14(13)17-15(19)9-6-11-4-2-1-3-5-11/h1-5,7-8,10H,6,9H2,(H,17,19). The van der Waals surface area contributed by atoms with E-state index >= 15 is 0 Å². The topological polar surface area (TPSA) is 72.2 Å². The van der Waals surface area contributed by atoms with Crippen molar-refractivity contribution in [3.63, 3.8) is 0 Å². The van der Waals surface area contributed by atoms with Gasteiger partial charge in [0.2, 0.25) is 5.91 Å². The SMILES string of the molecule is O=C(CCc1ccccc1)Nc1ccc([N+](=O)[O-])cc1Cl. The van der Waals surface area contributed by atoms with Crippen LogP contribution >= 0.6 is 11.6 Å². The van der Waals surface area contributed by atoms with Crippen molar-refractivity contribution in [1.82, 2.24) is 0 Å². The quantitative estimate of drug-likeness (QED) is 0.674. The van der Waals surface area contributed by atoms with Crippen LogP contribution in [0.1, 0.15) is 12.0 Å². The van der Waals surface area contributed by atoms with Gasteiger partial charge in [-0.05, 0) is 18.1 Å². The summed E-state index contributed by atoms with van der Waals surface area (Å²) in [6, 6.07) is 13.6. The molecule has 21 heavy (non-hydrogen) atoms. The Balaban J connectivity index is 1.95. The van der Waals surface area contributed by atoms with Gasteiger partial charge in [-0.2, -0.15) is 0 Å². The summed E-state index contributed by atoms with van der Waals surface area (Å²) >= 11 is 5.92. The summed E-state index contributed by atoms with van der Waals surface area (Å²) in [6.07, 6.45) is 0.939. The number of anilines is 1. The number of rotatable bonds is 5. The number of benzene rings is 2. The van der Waals surface area contributed by atoms with Crippen molar-refractivity contribution in [3.05, 3.63) is 69.2 Å². The van der Waals surface area contributed by atoms with Crippen molar-refractivity contribution in [2.24, 2.45) is 0 Å². The van der Waals surface area contributed by atoms with E-state index in [2.05, 4.69) is 5.32 Å². The average molecular weight is 305 g/mol. The van der Waals surface area contributed by atoms with Gasteiger partial charge in [0.1, 0.15) is 0 Å². The molecule has 5 nitrogen and oxygen atoms in total. The lowest BCUT2D eigenvalue weighted by molar-refractivity contribution is -0.384. The maximum Gasteiger partial charge on any atom is 0.271 e. The third-order valence-electron chi connectivity index (χ3n) is 2.92. The molecule has 0 radical (unpaired) electrons. The average Bonchev–Trinajstić information content (AvgIpc) is 2.48. The van der Waals surface area contributed by atoms with E-state index in [0.717, 1.165) is 5.56 Å². The minimum atomic E-state index is -0.535. The molecule has 0 aromatic heterocycles. The van der Waals surface area contributed by atoms with Gasteiger partial charge in [-0.25, -0.2) is 0 Å². The first-order valence-electron chi connectivity index (χ1n) is 6.34. The van der Waals surface area contributed by atoms with Gasteiger partial charge in [-0.1, -0.05) is 41.9 Å². The molecule has 6 heteroatoms. The molecule has 108 valence electrons. The van der Waals surface area contributed by atoms with E-state index in [1.807, 2.05) is 30.3 Å². The Morgan fingerprint density at radius 3 is 2.52 bits per heavy atom. The fourth-order valence-electron chi connectivity index (χ4n) is 1.83. The van der Waals surface area contributed by atoms with Gasteiger partial charge < -0.3 is 5.32 Å². The highest BCUT2D eigenvalue weighted by molar-refractivity contribution is 6.33. The highest BCUT2D eigenvalue weighted by Gasteiger charge is 2.11. The number of non-ortho nitro benzene ring substituents is 1. The van der Waals surface area contributed by atoms with Crippen LogP contribution in [-0.2, 0) is 11.2 Å². The fourth-order valence-corrected chi connectivity index (χ4v) is 2.06. The van der Waals surface area contributed by atoms with Crippen LogP contribution < -0.4 is 5.32 Å². The fraction of sp³-hybridized carbons (Fsp3) is 0.133. The molecule has 2 rings (SSSR count). The summed E-state index contributed by atoms with van der Waals surface area (Å²) in [5.74, 6) is -0.186. The molecular formula is C15H13ClN2O3. The van der Waals surface area contributed by atoms with Crippen molar-refractivity contribution in [2.75, 3.05) is 5.32 Å². The molecule has 1 amide bonds. The van der Waals surface area contributed by atoms with E-state index in [1.54, 1.807) is 0 Å².